The van der Waals surface area contributed by atoms with Crippen molar-refractivity contribution in [2.24, 2.45) is 5.92 Å². The molecular formula is C12H20BrN3. The third kappa shape index (κ3) is 4.47. The van der Waals surface area contributed by atoms with Gasteiger partial charge in [-0.05, 0) is 28.3 Å². The summed E-state index contributed by atoms with van der Waals surface area (Å²) in [6.07, 6.45) is 8.43. The topological polar surface area (TPSA) is 37.8 Å². The van der Waals surface area contributed by atoms with Crippen LogP contribution in [0.4, 0.5) is 5.82 Å². The molecule has 4 heteroatoms. The Bertz CT molecular complexity index is 304. The summed E-state index contributed by atoms with van der Waals surface area (Å²) < 4.78 is 0.931. The van der Waals surface area contributed by atoms with Crippen LogP contribution in [-0.4, -0.2) is 16.5 Å². The second-order valence-corrected chi connectivity index (χ2v) is 4.87. The number of halogens is 1. The maximum absolute atomic E-state index is 4.20. The monoisotopic (exact) mass is 285 g/mol. The summed E-state index contributed by atoms with van der Waals surface area (Å²) >= 11 is 3.43. The quantitative estimate of drug-likeness (QED) is 0.827. The Hall–Kier alpha value is -0.640. The van der Waals surface area contributed by atoms with Gasteiger partial charge in [0.2, 0.25) is 0 Å². The Morgan fingerprint density at radius 2 is 2.25 bits per heavy atom. The van der Waals surface area contributed by atoms with Crippen LogP contribution < -0.4 is 5.32 Å². The zero-order valence-corrected chi connectivity index (χ0v) is 11.6. The molecule has 16 heavy (non-hydrogen) atoms. The number of rotatable bonds is 7. The Morgan fingerprint density at radius 1 is 1.44 bits per heavy atom. The first-order chi connectivity index (χ1) is 7.77. The van der Waals surface area contributed by atoms with Gasteiger partial charge in [-0.25, -0.2) is 9.97 Å². The number of nitrogens with zero attached hydrogens (tertiary/aromatic N) is 2. The summed E-state index contributed by atoms with van der Waals surface area (Å²) in [5.74, 6) is 1.63. The van der Waals surface area contributed by atoms with Crippen LogP contribution in [0, 0.1) is 5.92 Å². The molecule has 1 aromatic rings. The predicted octanol–water partition coefficient (Wildman–Crippen LogP) is 3.87. The van der Waals surface area contributed by atoms with Crippen molar-refractivity contribution in [1.82, 2.24) is 9.97 Å². The normalized spacial score (nSPS) is 12.4. The molecule has 0 bridgehead atoms. The number of hydrogen-bond acceptors (Lipinski definition) is 3. The van der Waals surface area contributed by atoms with Crippen LogP contribution >= 0.6 is 15.9 Å². The molecule has 1 aromatic heterocycles. The van der Waals surface area contributed by atoms with Gasteiger partial charge in [0.15, 0.2) is 0 Å². The summed E-state index contributed by atoms with van der Waals surface area (Å²) in [5.41, 5.74) is 0. The predicted molar refractivity (Wildman–Crippen MR) is 71.5 cm³/mol. The fraction of sp³-hybridized carbons (Fsp3) is 0.667. The van der Waals surface area contributed by atoms with Crippen molar-refractivity contribution in [1.29, 1.82) is 0 Å². The highest BCUT2D eigenvalue weighted by molar-refractivity contribution is 9.10. The van der Waals surface area contributed by atoms with Crippen molar-refractivity contribution in [3.05, 3.63) is 17.0 Å². The van der Waals surface area contributed by atoms with Gasteiger partial charge in [-0.1, -0.05) is 33.1 Å². The van der Waals surface area contributed by atoms with Gasteiger partial charge < -0.3 is 5.32 Å². The average Bonchev–Trinajstić information content (AvgIpc) is 2.31. The van der Waals surface area contributed by atoms with E-state index >= 15 is 0 Å². The van der Waals surface area contributed by atoms with E-state index in [0.717, 1.165) is 22.8 Å². The van der Waals surface area contributed by atoms with Crippen molar-refractivity contribution >= 4 is 21.7 Å². The van der Waals surface area contributed by atoms with E-state index in [2.05, 4.69) is 45.1 Å². The number of unbranched alkanes of at least 4 members (excludes halogenated alkanes) is 1. The van der Waals surface area contributed by atoms with Gasteiger partial charge in [-0.15, -0.1) is 0 Å². The van der Waals surface area contributed by atoms with E-state index in [4.69, 9.17) is 0 Å². The van der Waals surface area contributed by atoms with Gasteiger partial charge in [-0.2, -0.15) is 0 Å². The van der Waals surface area contributed by atoms with Crippen molar-refractivity contribution in [3.8, 4) is 0 Å². The van der Waals surface area contributed by atoms with E-state index in [-0.39, 0.29) is 0 Å². The Labute approximate surface area is 106 Å². The minimum atomic E-state index is 0.738. The molecule has 0 fully saturated rings. The van der Waals surface area contributed by atoms with Crippen LogP contribution in [0.15, 0.2) is 17.0 Å². The Balaban J connectivity index is 2.40. The van der Waals surface area contributed by atoms with E-state index in [1.807, 2.05) is 0 Å². The van der Waals surface area contributed by atoms with Gasteiger partial charge in [0.05, 0.1) is 4.47 Å². The molecule has 1 rings (SSSR count). The standard InChI is InChI=1S/C12H20BrN3/c1-3-5-6-10(4-2)7-15-12-11(13)8-14-9-16-12/h8-10H,3-7H2,1-2H3,(H,14,15,16). The van der Waals surface area contributed by atoms with E-state index in [9.17, 15) is 0 Å². The summed E-state index contributed by atoms with van der Waals surface area (Å²) in [7, 11) is 0. The van der Waals surface area contributed by atoms with Crippen LogP contribution in [0.25, 0.3) is 0 Å². The summed E-state index contributed by atoms with van der Waals surface area (Å²) in [6, 6.07) is 0. The van der Waals surface area contributed by atoms with Crippen molar-refractivity contribution in [3.63, 3.8) is 0 Å². The lowest BCUT2D eigenvalue weighted by Gasteiger charge is -2.15. The molecule has 0 radical (unpaired) electrons. The average molecular weight is 286 g/mol. The molecule has 0 amide bonds. The van der Waals surface area contributed by atoms with Gasteiger partial charge in [0.1, 0.15) is 12.1 Å². The first-order valence-electron chi connectivity index (χ1n) is 5.97. The first kappa shape index (κ1) is 13.4. The largest absolute Gasteiger partial charge is 0.369 e. The molecule has 0 saturated heterocycles. The highest BCUT2D eigenvalue weighted by Gasteiger charge is 2.07. The maximum atomic E-state index is 4.20. The Kier molecular flexibility index (Phi) is 6.38. The fourth-order valence-corrected chi connectivity index (χ4v) is 1.99. The van der Waals surface area contributed by atoms with Gasteiger partial charge >= 0.3 is 0 Å². The van der Waals surface area contributed by atoms with Gasteiger partial charge in [-0.3, -0.25) is 0 Å². The molecule has 1 N–H and O–H groups in total. The van der Waals surface area contributed by atoms with Crippen LogP contribution in [0.3, 0.4) is 0 Å². The van der Waals surface area contributed by atoms with Crippen molar-refractivity contribution in [2.45, 2.75) is 39.5 Å². The molecule has 0 aliphatic carbocycles. The van der Waals surface area contributed by atoms with Crippen LogP contribution in [0.5, 0.6) is 0 Å². The number of anilines is 1. The molecule has 0 aromatic carbocycles. The van der Waals surface area contributed by atoms with Crippen LogP contribution in [0.2, 0.25) is 0 Å². The third-order valence-electron chi connectivity index (χ3n) is 2.77. The summed E-state index contributed by atoms with van der Waals surface area (Å²) in [4.78, 5) is 8.14. The van der Waals surface area contributed by atoms with E-state index in [0.29, 0.717) is 0 Å². The zero-order valence-electron chi connectivity index (χ0n) is 10.0. The number of aromatic nitrogens is 2. The van der Waals surface area contributed by atoms with Gasteiger partial charge in [0.25, 0.3) is 0 Å². The molecule has 1 atom stereocenters. The molecule has 1 heterocycles. The minimum absolute atomic E-state index is 0.738. The molecule has 0 aliphatic rings. The first-order valence-corrected chi connectivity index (χ1v) is 6.76. The molecule has 0 saturated carbocycles. The number of nitrogens with one attached hydrogen (secondary N) is 1. The van der Waals surface area contributed by atoms with Crippen LogP contribution in [0.1, 0.15) is 39.5 Å². The molecule has 1 unspecified atom stereocenters. The molecule has 0 aliphatic heterocycles. The van der Waals surface area contributed by atoms with Crippen LogP contribution in [-0.2, 0) is 0 Å². The van der Waals surface area contributed by atoms with E-state index in [1.54, 1.807) is 12.5 Å². The molecule has 0 spiro atoms. The second kappa shape index (κ2) is 7.60. The summed E-state index contributed by atoms with van der Waals surface area (Å²) in [5, 5.41) is 3.37. The molecule has 3 nitrogen and oxygen atoms in total. The lowest BCUT2D eigenvalue weighted by Crippen LogP contribution is -2.14. The zero-order chi connectivity index (χ0) is 11.8. The van der Waals surface area contributed by atoms with Crippen molar-refractivity contribution < 1.29 is 0 Å². The molecule has 90 valence electrons. The highest BCUT2D eigenvalue weighted by Crippen LogP contribution is 2.19. The Morgan fingerprint density at radius 3 is 2.88 bits per heavy atom. The minimum Gasteiger partial charge on any atom is -0.369 e. The van der Waals surface area contributed by atoms with E-state index < -0.39 is 0 Å². The van der Waals surface area contributed by atoms with E-state index in [1.165, 1.54) is 25.7 Å². The lowest BCUT2D eigenvalue weighted by molar-refractivity contribution is 0.472. The summed E-state index contributed by atoms with van der Waals surface area (Å²) in [6.45, 7) is 5.48. The maximum Gasteiger partial charge on any atom is 0.143 e. The third-order valence-corrected chi connectivity index (χ3v) is 3.35. The second-order valence-electron chi connectivity index (χ2n) is 4.02. The molecular weight excluding hydrogens is 266 g/mol. The van der Waals surface area contributed by atoms with Gasteiger partial charge in [0, 0.05) is 12.7 Å². The highest BCUT2D eigenvalue weighted by atomic mass is 79.9. The SMILES string of the molecule is CCCCC(CC)CNc1ncncc1Br. The number of hydrogen-bond donors (Lipinski definition) is 1. The smallest absolute Gasteiger partial charge is 0.143 e. The fourth-order valence-electron chi connectivity index (χ4n) is 1.63. The van der Waals surface area contributed by atoms with Crippen molar-refractivity contribution in [2.75, 3.05) is 11.9 Å². The lowest BCUT2D eigenvalue weighted by atomic mass is 9.99.